The predicted molar refractivity (Wildman–Crippen MR) is 89.6 cm³/mol. The van der Waals surface area contributed by atoms with E-state index in [9.17, 15) is 24.0 Å². The fourth-order valence-corrected chi connectivity index (χ4v) is 2.89. The number of aromatic nitrogens is 2. The number of carbonyl (C=O) groups excluding carboxylic acids is 3. The van der Waals surface area contributed by atoms with Crippen molar-refractivity contribution in [2.75, 3.05) is 31.2 Å². The van der Waals surface area contributed by atoms with E-state index in [0.717, 1.165) is 10.6 Å². The van der Waals surface area contributed by atoms with Crippen molar-refractivity contribution in [3.8, 4) is 0 Å². The molecule has 0 unspecified atom stereocenters. The third-order valence-electron chi connectivity index (χ3n) is 4.21. The highest BCUT2D eigenvalue weighted by Crippen LogP contribution is 2.20. The van der Waals surface area contributed by atoms with Gasteiger partial charge in [0.15, 0.2) is 0 Å². The maximum Gasteiger partial charge on any atom is 0.332 e. The fourth-order valence-electron chi connectivity index (χ4n) is 2.89. The number of nitrogens with one attached hydrogen (secondary N) is 2. The average Bonchev–Trinajstić information content (AvgIpc) is 2.61. The van der Waals surface area contributed by atoms with Crippen LogP contribution in [0.15, 0.2) is 15.2 Å². The predicted octanol–water partition coefficient (Wildman–Crippen LogP) is -2.33. The van der Waals surface area contributed by atoms with Crippen LogP contribution in [0, 0.1) is 0 Å². The highest BCUT2D eigenvalue weighted by Gasteiger charge is 2.30. The molecule has 2 aliphatic rings. The van der Waals surface area contributed by atoms with Crippen LogP contribution in [0.25, 0.3) is 6.08 Å². The Bertz CT molecular complexity index is 928. The second-order valence-corrected chi connectivity index (χ2v) is 5.84. The summed E-state index contributed by atoms with van der Waals surface area (Å²) in [5.41, 5.74) is -1.58. The van der Waals surface area contributed by atoms with Crippen molar-refractivity contribution in [2.45, 2.75) is 0 Å². The molecule has 1 aromatic rings. The molecule has 2 fully saturated rings. The van der Waals surface area contributed by atoms with Crippen LogP contribution in [-0.2, 0) is 28.4 Å². The fraction of sp³-hybridized carbons (Fsp3) is 0.400. The number of nitrogens with zero attached hydrogens (tertiary/aromatic N) is 3. The second-order valence-electron chi connectivity index (χ2n) is 5.84. The molecule has 1 aromatic heterocycles. The van der Waals surface area contributed by atoms with E-state index >= 15 is 0 Å². The quantitative estimate of drug-likeness (QED) is 0.445. The lowest BCUT2D eigenvalue weighted by molar-refractivity contribution is -0.123. The summed E-state index contributed by atoms with van der Waals surface area (Å²) in [7, 11) is 2.80. The number of barbiturate groups is 1. The largest absolute Gasteiger partial charge is 0.378 e. The van der Waals surface area contributed by atoms with Gasteiger partial charge in [-0.3, -0.25) is 34.2 Å². The molecule has 11 heteroatoms. The van der Waals surface area contributed by atoms with Gasteiger partial charge in [0.2, 0.25) is 0 Å². The maximum absolute atomic E-state index is 12.7. The van der Waals surface area contributed by atoms with Crippen LogP contribution < -0.4 is 26.8 Å². The van der Waals surface area contributed by atoms with E-state index in [0.29, 0.717) is 26.3 Å². The Hall–Kier alpha value is -3.21. The third-order valence-corrected chi connectivity index (χ3v) is 4.21. The molecule has 11 nitrogen and oxygen atoms in total. The molecule has 0 aliphatic carbocycles. The Kier molecular flexibility index (Phi) is 4.47. The molecule has 3 heterocycles. The summed E-state index contributed by atoms with van der Waals surface area (Å²) in [6.45, 7) is 1.70. The molecule has 0 bridgehead atoms. The average molecular weight is 363 g/mol. The first-order valence-corrected chi connectivity index (χ1v) is 7.82. The number of hydrogen-bond acceptors (Lipinski definition) is 7. The first kappa shape index (κ1) is 17.6. The second kappa shape index (κ2) is 6.59. The summed E-state index contributed by atoms with van der Waals surface area (Å²) in [6, 6.07) is -0.932. The van der Waals surface area contributed by atoms with Crippen molar-refractivity contribution in [3.05, 3.63) is 32.0 Å². The van der Waals surface area contributed by atoms with E-state index in [1.165, 1.54) is 18.7 Å². The van der Waals surface area contributed by atoms with Gasteiger partial charge in [-0.2, -0.15) is 0 Å². The topological polar surface area (TPSA) is 132 Å². The number of ether oxygens (including phenoxy) is 1. The van der Waals surface area contributed by atoms with Crippen molar-refractivity contribution < 1.29 is 19.1 Å². The molecule has 0 aromatic carbocycles. The molecular weight excluding hydrogens is 346 g/mol. The third kappa shape index (κ3) is 2.92. The van der Waals surface area contributed by atoms with Gasteiger partial charge in [-0.05, 0) is 6.08 Å². The Balaban J connectivity index is 2.23. The summed E-state index contributed by atoms with van der Waals surface area (Å²) >= 11 is 0. The number of anilines is 1. The van der Waals surface area contributed by atoms with E-state index in [2.05, 4.69) is 0 Å². The van der Waals surface area contributed by atoms with Crippen molar-refractivity contribution in [2.24, 2.45) is 14.1 Å². The molecule has 3 rings (SSSR count). The van der Waals surface area contributed by atoms with Gasteiger partial charge in [-0.15, -0.1) is 0 Å². The van der Waals surface area contributed by atoms with Gasteiger partial charge in [-0.1, -0.05) is 0 Å². The lowest BCUT2D eigenvalue weighted by Gasteiger charge is -2.31. The van der Waals surface area contributed by atoms with Gasteiger partial charge < -0.3 is 9.64 Å². The molecule has 0 saturated carbocycles. The van der Waals surface area contributed by atoms with Crippen molar-refractivity contribution >= 4 is 29.7 Å². The zero-order valence-electron chi connectivity index (χ0n) is 14.2. The minimum absolute atomic E-state index is 0.00569. The molecule has 0 atom stereocenters. The van der Waals surface area contributed by atoms with Crippen LogP contribution in [-0.4, -0.2) is 53.3 Å². The normalized spacial score (nSPS) is 17.8. The molecule has 2 N–H and O–H groups in total. The SMILES string of the molecule is Cn1c(N2CCOCC2)c(C=C2C(=O)NC(=O)NC2=O)c(=O)n(C)c1=O. The Morgan fingerprint density at radius 1 is 0.923 bits per heavy atom. The van der Waals surface area contributed by atoms with Gasteiger partial charge in [0, 0.05) is 27.2 Å². The molecule has 4 amide bonds. The summed E-state index contributed by atoms with van der Waals surface area (Å²) in [5, 5.41) is 3.90. The standard InChI is InChI=1S/C15H17N5O6/c1-18-12(20-3-5-26-6-4-20)9(13(23)19(2)15(18)25)7-8-10(21)16-14(24)17-11(8)22/h7H,3-6H2,1-2H3,(H2,16,17,21,22,24). The van der Waals surface area contributed by atoms with Gasteiger partial charge in [0.05, 0.1) is 18.8 Å². The summed E-state index contributed by atoms with van der Waals surface area (Å²) in [4.78, 5) is 61.9. The van der Waals surface area contributed by atoms with Crippen LogP contribution in [0.1, 0.15) is 5.56 Å². The number of imide groups is 2. The monoisotopic (exact) mass is 363 g/mol. The van der Waals surface area contributed by atoms with Gasteiger partial charge in [0.1, 0.15) is 11.4 Å². The first-order valence-electron chi connectivity index (χ1n) is 7.82. The number of amides is 4. The molecule has 2 aliphatic heterocycles. The van der Waals surface area contributed by atoms with Gasteiger partial charge in [0.25, 0.3) is 17.4 Å². The first-order chi connectivity index (χ1) is 12.3. The summed E-state index contributed by atoms with van der Waals surface area (Å²) in [5.74, 6) is -1.54. The van der Waals surface area contributed by atoms with Crippen LogP contribution in [0.4, 0.5) is 10.6 Å². The Labute approximate surface area is 146 Å². The smallest absolute Gasteiger partial charge is 0.332 e. The van der Waals surface area contributed by atoms with Crippen LogP contribution in [0.5, 0.6) is 0 Å². The van der Waals surface area contributed by atoms with Crippen LogP contribution >= 0.6 is 0 Å². The molecule has 0 spiro atoms. The minimum atomic E-state index is -0.932. The summed E-state index contributed by atoms with van der Waals surface area (Å²) < 4.78 is 7.46. The molecular formula is C15H17N5O6. The Morgan fingerprint density at radius 3 is 2.08 bits per heavy atom. The number of morpholine rings is 1. The van der Waals surface area contributed by atoms with Crippen molar-refractivity contribution in [1.29, 1.82) is 0 Å². The number of hydrogen-bond donors (Lipinski definition) is 2. The van der Waals surface area contributed by atoms with Crippen LogP contribution in [0.2, 0.25) is 0 Å². The maximum atomic E-state index is 12.7. The Morgan fingerprint density at radius 2 is 1.50 bits per heavy atom. The number of rotatable bonds is 2. The van der Waals surface area contributed by atoms with Crippen molar-refractivity contribution in [3.63, 3.8) is 0 Å². The zero-order chi connectivity index (χ0) is 19.0. The molecule has 26 heavy (non-hydrogen) atoms. The zero-order valence-corrected chi connectivity index (χ0v) is 14.2. The van der Waals surface area contributed by atoms with Gasteiger partial charge in [-0.25, -0.2) is 9.59 Å². The van der Waals surface area contributed by atoms with E-state index < -0.39 is 34.7 Å². The molecule has 2 saturated heterocycles. The van der Waals surface area contributed by atoms with E-state index in [4.69, 9.17) is 4.74 Å². The van der Waals surface area contributed by atoms with E-state index in [1.807, 2.05) is 10.6 Å². The highest BCUT2D eigenvalue weighted by molar-refractivity contribution is 6.31. The summed E-state index contributed by atoms with van der Waals surface area (Å²) in [6.07, 6.45) is 1.10. The molecule has 0 radical (unpaired) electrons. The minimum Gasteiger partial charge on any atom is -0.378 e. The van der Waals surface area contributed by atoms with Crippen molar-refractivity contribution in [1.82, 2.24) is 19.8 Å². The number of carbonyl (C=O) groups is 3. The lowest BCUT2D eigenvalue weighted by Crippen LogP contribution is -2.51. The van der Waals surface area contributed by atoms with E-state index in [1.54, 1.807) is 4.90 Å². The van der Waals surface area contributed by atoms with E-state index in [-0.39, 0.29) is 11.4 Å². The number of urea groups is 1. The lowest BCUT2D eigenvalue weighted by atomic mass is 10.1. The molecule has 138 valence electrons. The van der Waals surface area contributed by atoms with Gasteiger partial charge >= 0.3 is 11.7 Å². The highest BCUT2D eigenvalue weighted by atomic mass is 16.5. The van der Waals surface area contributed by atoms with Crippen LogP contribution in [0.3, 0.4) is 0 Å².